The number of carbonyl (C=O) groups excluding carboxylic acids is 1. The van der Waals surface area contributed by atoms with Crippen LogP contribution in [-0.2, 0) is 4.74 Å². The number of rotatable bonds is 6. The summed E-state index contributed by atoms with van der Waals surface area (Å²) in [6.45, 7) is 0.846. The van der Waals surface area contributed by atoms with Gasteiger partial charge in [0.05, 0.1) is 24.9 Å². The Bertz CT molecular complexity index is 755. The second kappa shape index (κ2) is 7.04. The van der Waals surface area contributed by atoms with Crippen molar-refractivity contribution in [3.63, 3.8) is 0 Å². The van der Waals surface area contributed by atoms with Crippen LogP contribution in [-0.4, -0.2) is 24.2 Å². The largest absolute Gasteiger partial charge is 0.493 e. The highest BCUT2D eigenvalue weighted by molar-refractivity contribution is 7.11. The third kappa shape index (κ3) is 3.62. The van der Waals surface area contributed by atoms with Crippen LogP contribution in [0.25, 0.3) is 10.8 Å². The number of hydrogen-bond acceptors (Lipinski definition) is 5. The smallest absolute Gasteiger partial charge is 0.349 e. The molecule has 0 atom stereocenters. The summed E-state index contributed by atoms with van der Waals surface area (Å²) in [6, 6.07) is 14.1. The zero-order valence-corrected chi connectivity index (χ0v) is 12.7. The second-order valence-corrected chi connectivity index (χ2v) is 5.60. The van der Waals surface area contributed by atoms with Gasteiger partial charge in [-0.3, -0.25) is 4.98 Å². The minimum atomic E-state index is -0.326. The van der Waals surface area contributed by atoms with Crippen molar-refractivity contribution in [2.24, 2.45) is 0 Å². The van der Waals surface area contributed by atoms with Crippen LogP contribution in [0, 0.1) is 0 Å². The van der Waals surface area contributed by atoms with Gasteiger partial charge in [0.25, 0.3) is 0 Å². The van der Waals surface area contributed by atoms with Crippen molar-refractivity contribution in [1.82, 2.24) is 4.98 Å². The molecular weight excluding hydrogens is 298 g/mol. The van der Waals surface area contributed by atoms with Gasteiger partial charge in [0.1, 0.15) is 10.6 Å². The molecule has 0 saturated heterocycles. The molecule has 0 aliphatic rings. The van der Waals surface area contributed by atoms with E-state index in [0.717, 1.165) is 11.1 Å². The summed E-state index contributed by atoms with van der Waals surface area (Å²) in [4.78, 5) is 16.0. The predicted octanol–water partition coefficient (Wildman–Crippen LogP) is 3.92. The van der Waals surface area contributed by atoms with Crippen molar-refractivity contribution in [1.29, 1.82) is 0 Å². The molecule has 112 valence electrons. The Balaban J connectivity index is 1.43. The number of carbonyl (C=O) groups is 1. The average molecular weight is 313 g/mol. The molecule has 0 amide bonds. The van der Waals surface area contributed by atoms with Crippen LogP contribution in [0.2, 0.25) is 0 Å². The lowest BCUT2D eigenvalue weighted by Crippen LogP contribution is -2.08. The van der Waals surface area contributed by atoms with Gasteiger partial charge in [0.2, 0.25) is 0 Å². The van der Waals surface area contributed by atoms with E-state index in [1.165, 1.54) is 22.9 Å². The van der Waals surface area contributed by atoms with Crippen LogP contribution < -0.4 is 4.74 Å². The molecule has 5 heteroatoms. The molecular formula is C17H15NO3S. The van der Waals surface area contributed by atoms with E-state index in [4.69, 9.17) is 9.47 Å². The Labute approximate surface area is 132 Å². The molecule has 4 nitrogen and oxygen atoms in total. The van der Waals surface area contributed by atoms with Crippen molar-refractivity contribution in [3.05, 3.63) is 59.0 Å². The van der Waals surface area contributed by atoms with Crippen molar-refractivity contribution in [3.8, 4) is 5.75 Å². The summed E-state index contributed by atoms with van der Waals surface area (Å²) >= 11 is 1.28. The molecule has 0 bridgehead atoms. The van der Waals surface area contributed by atoms with Crippen molar-refractivity contribution in [2.45, 2.75) is 6.42 Å². The van der Waals surface area contributed by atoms with Crippen molar-refractivity contribution >= 4 is 28.1 Å². The molecule has 1 heterocycles. The molecule has 3 rings (SSSR count). The number of ether oxygens (including phenoxy) is 2. The van der Waals surface area contributed by atoms with Gasteiger partial charge in [-0.15, -0.1) is 11.3 Å². The maximum atomic E-state index is 11.6. The molecule has 0 radical (unpaired) electrons. The van der Waals surface area contributed by atoms with Gasteiger partial charge in [-0.1, -0.05) is 30.3 Å². The fourth-order valence-corrected chi connectivity index (χ4v) is 2.57. The molecule has 0 aliphatic heterocycles. The van der Waals surface area contributed by atoms with E-state index in [2.05, 4.69) is 17.1 Å². The lowest BCUT2D eigenvalue weighted by atomic mass is 10.1. The summed E-state index contributed by atoms with van der Waals surface area (Å²) in [5.74, 6) is 0.501. The van der Waals surface area contributed by atoms with Gasteiger partial charge in [0.15, 0.2) is 0 Å². The van der Waals surface area contributed by atoms with E-state index in [0.29, 0.717) is 24.5 Å². The minimum absolute atomic E-state index is 0.326. The minimum Gasteiger partial charge on any atom is -0.493 e. The standard InChI is InChI=1S/C17H15NO3S/c19-17(16-11-18-12-22-16)21-9-3-8-20-15-7-6-13-4-1-2-5-14(13)10-15/h1-2,4-7,10-12H,3,8-9H2. The third-order valence-electron chi connectivity index (χ3n) is 3.14. The number of nitrogens with zero attached hydrogens (tertiary/aromatic N) is 1. The van der Waals surface area contributed by atoms with E-state index >= 15 is 0 Å². The Kier molecular flexibility index (Phi) is 4.65. The van der Waals surface area contributed by atoms with Gasteiger partial charge >= 0.3 is 5.97 Å². The molecule has 0 fully saturated rings. The summed E-state index contributed by atoms with van der Waals surface area (Å²) in [5, 5.41) is 2.34. The first kappa shape index (κ1) is 14.5. The van der Waals surface area contributed by atoms with E-state index in [1.54, 1.807) is 5.51 Å². The summed E-state index contributed by atoms with van der Waals surface area (Å²) in [7, 11) is 0. The van der Waals surface area contributed by atoms with Crippen LogP contribution in [0.5, 0.6) is 5.75 Å². The predicted molar refractivity (Wildman–Crippen MR) is 86.5 cm³/mol. The van der Waals surface area contributed by atoms with Crippen molar-refractivity contribution < 1.29 is 14.3 Å². The highest BCUT2D eigenvalue weighted by atomic mass is 32.1. The normalized spacial score (nSPS) is 10.5. The third-order valence-corrected chi connectivity index (χ3v) is 3.90. The lowest BCUT2D eigenvalue weighted by molar-refractivity contribution is 0.0491. The maximum Gasteiger partial charge on any atom is 0.349 e. The quantitative estimate of drug-likeness (QED) is 0.511. The van der Waals surface area contributed by atoms with Crippen LogP contribution in [0.4, 0.5) is 0 Å². The second-order valence-electron chi connectivity index (χ2n) is 4.71. The van der Waals surface area contributed by atoms with E-state index < -0.39 is 0 Å². The van der Waals surface area contributed by atoms with E-state index in [-0.39, 0.29) is 5.97 Å². The van der Waals surface area contributed by atoms with Gasteiger partial charge in [-0.05, 0) is 22.9 Å². The highest BCUT2D eigenvalue weighted by Crippen LogP contribution is 2.20. The average Bonchev–Trinajstić information content (AvgIpc) is 3.09. The number of fused-ring (bicyclic) bond motifs is 1. The van der Waals surface area contributed by atoms with Crippen LogP contribution in [0.1, 0.15) is 16.1 Å². The van der Waals surface area contributed by atoms with E-state index in [9.17, 15) is 4.79 Å². The van der Waals surface area contributed by atoms with E-state index in [1.807, 2.05) is 30.3 Å². The number of benzene rings is 2. The SMILES string of the molecule is O=C(OCCCOc1ccc2ccccc2c1)c1cncs1. The zero-order chi connectivity index (χ0) is 15.2. The first-order valence-electron chi connectivity index (χ1n) is 7.00. The zero-order valence-electron chi connectivity index (χ0n) is 11.9. The van der Waals surface area contributed by atoms with Crippen LogP contribution in [0.15, 0.2) is 54.2 Å². The fourth-order valence-electron chi connectivity index (χ4n) is 2.06. The Hall–Kier alpha value is -2.40. The summed E-state index contributed by atoms with van der Waals surface area (Å²) < 4.78 is 10.8. The van der Waals surface area contributed by atoms with Gasteiger partial charge in [-0.2, -0.15) is 0 Å². The molecule has 1 aromatic heterocycles. The first-order chi connectivity index (χ1) is 10.8. The van der Waals surface area contributed by atoms with Gasteiger partial charge < -0.3 is 9.47 Å². The number of thiazole rings is 1. The lowest BCUT2D eigenvalue weighted by Gasteiger charge is -2.07. The Morgan fingerprint density at radius 3 is 2.77 bits per heavy atom. The topological polar surface area (TPSA) is 48.4 Å². The molecule has 22 heavy (non-hydrogen) atoms. The Morgan fingerprint density at radius 1 is 1.09 bits per heavy atom. The Morgan fingerprint density at radius 2 is 1.95 bits per heavy atom. The number of esters is 1. The van der Waals surface area contributed by atoms with Gasteiger partial charge in [0, 0.05) is 6.42 Å². The van der Waals surface area contributed by atoms with Crippen molar-refractivity contribution in [2.75, 3.05) is 13.2 Å². The fraction of sp³-hybridized carbons (Fsp3) is 0.176. The van der Waals surface area contributed by atoms with Crippen LogP contribution >= 0.6 is 11.3 Å². The molecule has 0 N–H and O–H groups in total. The molecule has 3 aromatic rings. The molecule has 0 aliphatic carbocycles. The molecule has 2 aromatic carbocycles. The molecule has 0 saturated carbocycles. The number of aromatic nitrogens is 1. The molecule has 0 spiro atoms. The summed E-state index contributed by atoms with van der Waals surface area (Å²) in [6.07, 6.45) is 2.16. The van der Waals surface area contributed by atoms with Gasteiger partial charge in [-0.25, -0.2) is 4.79 Å². The highest BCUT2D eigenvalue weighted by Gasteiger charge is 2.08. The monoisotopic (exact) mass is 313 g/mol. The first-order valence-corrected chi connectivity index (χ1v) is 7.88. The van der Waals surface area contributed by atoms with Crippen LogP contribution in [0.3, 0.4) is 0 Å². The molecule has 0 unspecified atom stereocenters. The number of hydrogen-bond donors (Lipinski definition) is 0. The maximum absolute atomic E-state index is 11.6. The summed E-state index contributed by atoms with van der Waals surface area (Å²) in [5.41, 5.74) is 1.61.